The molecule has 0 radical (unpaired) electrons. The number of nitrogens with one attached hydrogen (secondary N) is 1. The minimum absolute atomic E-state index is 0.0702. The Morgan fingerprint density at radius 1 is 1.00 bits per heavy atom. The summed E-state index contributed by atoms with van der Waals surface area (Å²) in [5.74, 6) is -2.05. The van der Waals surface area contributed by atoms with Crippen LogP contribution >= 0.6 is 0 Å². The molecule has 9 nitrogen and oxygen atoms in total. The first-order valence-corrected chi connectivity index (χ1v) is 9.96. The molecule has 1 heterocycles. The van der Waals surface area contributed by atoms with Gasteiger partial charge in [-0.05, 0) is 24.3 Å². The molecular formula is C24H16FN3O6. The fraction of sp³-hybridized carbons (Fsp3) is 0.0417. The van der Waals surface area contributed by atoms with E-state index in [9.17, 15) is 28.9 Å². The number of barbiturate groups is 1. The highest BCUT2D eigenvalue weighted by Crippen LogP contribution is 2.28. The molecule has 1 N–H and O–H groups in total. The van der Waals surface area contributed by atoms with Crippen molar-refractivity contribution < 1.29 is 28.4 Å². The third kappa shape index (κ3) is 4.51. The highest BCUT2D eigenvalue weighted by atomic mass is 19.1. The molecule has 3 aromatic rings. The van der Waals surface area contributed by atoms with E-state index in [1.165, 1.54) is 30.3 Å². The first-order valence-electron chi connectivity index (χ1n) is 9.96. The molecule has 3 aromatic carbocycles. The van der Waals surface area contributed by atoms with Gasteiger partial charge in [0, 0.05) is 23.3 Å². The number of nitro benzene ring substituents is 1. The first kappa shape index (κ1) is 22.3. The minimum atomic E-state index is -1.03. The zero-order valence-corrected chi connectivity index (χ0v) is 17.4. The van der Waals surface area contributed by atoms with Crippen LogP contribution in [0.4, 0.5) is 20.6 Å². The molecule has 1 aliphatic heterocycles. The third-order valence-corrected chi connectivity index (χ3v) is 4.96. The number of halogens is 1. The lowest BCUT2D eigenvalue weighted by Gasteiger charge is -2.26. The molecule has 4 amide bonds. The number of carbonyl (C=O) groups is 3. The van der Waals surface area contributed by atoms with Gasteiger partial charge in [0.2, 0.25) is 0 Å². The number of amides is 4. The Balaban J connectivity index is 1.66. The Morgan fingerprint density at radius 3 is 2.50 bits per heavy atom. The summed E-state index contributed by atoms with van der Waals surface area (Å²) < 4.78 is 19.6. The number of imide groups is 2. The van der Waals surface area contributed by atoms with E-state index < -0.39 is 28.6 Å². The monoisotopic (exact) mass is 461 g/mol. The van der Waals surface area contributed by atoms with Crippen LogP contribution in [0, 0.1) is 15.9 Å². The molecule has 0 unspecified atom stereocenters. The van der Waals surface area contributed by atoms with E-state index in [-0.39, 0.29) is 29.3 Å². The van der Waals surface area contributed by atoms with E-state index in [2.05, 4.69) is 5.32 Å². The number of benzene rings is 3. The fourth-order valence-electron chi connectivity index (χ4n) is 3.30. The Morgan fingerprint density at radius 2 is 1.74 bits per heavy atom. The van der Waals surface area contributed by atoms with Gasteiger partial charge in [-0.2, -0.15) is 0 Å². The van der Waals surface area contributed by atoms with E-state index in [0.717, 1.165) is 6.07 Å². The number of urea groups is 1. The number of nitrogens with zero attached hydrogens (tertiary/aromatic N) is 2. The molecule has 0 saturated carbocycles. The summed E-state index contributed by atoms with van der Waals surface area (Å²) >= 11 is 0. The van der Waals surface area contributed by atoms with Gasteiger partial charge in [-0.15, -0.1) is 0 Å². The van der Waals surface area contributed by atoms with Crippen LogP contribution in [0.2, 0.25) is 0 Å². The van der Waals surface area contributed by atoms with Crippen LogP contribution in [0.5, 0.6) is 5.75 Å². The second-order valence-corrected chi connectivity index (χ2v) is 7.15. The summed E-state index contributed by atoms with van der Waals surface area (Å²) in [5, 5.41) is 13.1. The number of ether oxygens (including phenoxy) is 1. The summed E-state index contributed by atoms with van der Waals surface area (Å²) in [6.07, 6.45) is 1.24. The molecule has 4 rings (SSSR count). The van der Waals surface area contributed by atoms with Gasteiger partial charge in [-0.1, -0.05) is 42.5 Å². The lowest BCUT2D eigenvalue weighted by molar-refractivity contribution is -0.384. The van der Waals surface area contributed by atoms with E-state index in [1.807, 2.05) is 0 Å². The summed E-state index contributed by atoms with van der Waals surface area (Å²) in [7, 11) is 0. The fourth-order valence-corrected chi connectivity index (χ4v) is 3.30. The van der Waals surface area contributed by atoms with E-state index in [0.29, 0.717) is 16.0 Å². The maximum Gasteiger partial charge on any atom is 0.335 e. The summed E-state index contributed by atoms with van der Waals surface area (Å²) in [4.78, 5) is 49.0. The van der Waals surface area contributed by atoms with Crippen molar-refractivity contribution in [2.75, 3.05) is 4.90 Å². The number of nitro groups is 1. The molecular weight excluding hydrogens is 445 g/mol. The van der Waals surface area contributed by atoms with Crippen LogP contribution in [0.1, 0.15) is 11.1 Å². The molecule has 1 fully saturated rings. The largest absolute Gasteiger partial charge is 0.488 e. The highest BCUT2D eigenvalue weighted by Gasteiger charge is 2.37. The molecule has 0 aliphatic carbocycles. The van der Waals surface area contributed by atoms with Crippen LogP contribution in [0.25, 0.3) is 6.08 Å². The van der Waals surface area contributed by atoms with Crippen molar-refractivity contribution in [3.8, 4) is 5.75 Å². The Hall–Kier alpha value is -4.86. The highest BCUT2D eigenvalue weighted by molar-refractivity contribution is 6.39. The first-order chi connectivity index (χ1) is 16.3. The van der Waals surface area contributed by atoms with Crippen LogP contribution in [0.15, 0.2) is 78.4 Å². The number of carbonyl (C=O) groups excluding carboxylic acids is 3. The minimum Gasteiger partial charge on any atom is -0.488 e. The second-order valence-electron chi connectivity index (χ2n) is 7.15. The lowest BCUT2D eigenvalue weighted by Crippen LogP contribution is -2.54. The number of non-ortho nitro benzene ring substituents is 1. The van der Waals surface area contributed by atoms with Gasteiger partial charge in [0.1, 0.15) is 23.7 Å². The van der Waals surface area contributed by atoms with Crippen molar-refractivity contribution in [1.29, 1.82) is 0 Å². The van der Waals surface area contributed by atoms with Crippen LogP contribution in [-0.4, -0.2) is 22.8 Å². The van der Waals surface area contributed by atoms with Crippen molar-refractivity contribution in [2.45, 2.75) is 6.61 Å². The molecule has 0 spiro atoms. The quantitative estimate of drug-likeness (QED) is 0.257. The van der Waals surface area contributed by atoms with Gasteiger partial charge in [-0.3, -0.25) is 25.0 Å². The number of hydrogen-bond acceptors (Lipinski definition) is 6. The number of anilines is 1. The van der Waals surface area contributed by atoms with Gasteiger partial charge >= 0.3 is 6.03 Å². The van der Waals surface area contributed by atoms with Crippen molar-refractivity contribution in [3.05, 3.63) is 105 Å². The molecule has 170 valence electrons. The maximum absolute atomic E-state index is 13.9. The standard InChI is InChI=1S/C24H16FN3O6/c25-20-10-3-1-7-16(20)14-34-21-11-4-2-6-15(21)12-19-22(29)26-24(31)27(23(19)30)17-8-5-9-18(13-17)28(32)33/h1-13H,14H2,(H,26,29,31)/b19-12-. The zero-order valence-electron chi connectivity index (χ0n) is 17.4. The molecule has 34 heavy (non-hydrogen) atoms. The van der Waals surface area contributed by atoms with Crippen molar-refractivity contribution in [1.82, 2.24) is 5.32 Å². The van der Waals surface area contributed by atoms with Gasteiger partial charge in [0.15, 0.2) is 0 Å². The van der Waals surface area contributed by atoms with E-state index in [1.54, 1.807) is 42.5 Å². The van der Waals surface area contributed by atoms with Gasteiger partial charge in [0.05, 0.1) is 10.6 Å². The van der Waals surface area contributed by atoms with Crippen molar-refractivity contribution in [2.24, 2.45) is 0 Å². The molecule has 10 heteroatoms. The number of rotatable bonds is 6. The van der Waals surface area contributed by atoms with Crippen LogP contribution < -0.4 is 15.0 Å². The Kier molecular flexibility index (Phi) is 6.13. The predicted octanol–water partition coefficient (Wildman–Crippen LogP) is 3.98. The lowest BCUT2D eigenvalue weighted by atomic mass is 10.1. The smallest absolute Gasteiger partial charge is 0.335 e. The topological polar surface area (TPSA) is 119 Å². The third-order valence-electron chi connectivity index (χ3n) is 4.96. The van der Waals surface area contributed by atoms with E-state index >= 15 is 0 Å². The molecule has 0 aromatic heterocycles. The summed E-state index contributed by atoms with van der Waals surface area (Å²) in [6, 6.07) is 16.5. The summed E-state index contributed by atoms with van der Waals surface area (Å²) in [5.41, 5.74) is -0.121. The second kappa shape index (κ2) is 9.33. The van der Waals surface area contributed by atoms with Gasteiger partial charge < -0.3 is 4.74 Å². The normalized spacial score (nSPS) is 14.8. The van der Waals surface area contributed by atoms with Crippen molar-refractivity contribution >= 4 is 35.3 Å². The van der Waals surface area contributed by atoms with Gasteiger partial charge in [0.25, 0.3) is 17.5 Å². The Bertz CT molecular complexity index is 1350. The molecule has 1 aliphatic rings. The SMILES string of the molecule is O=C1NC(=O)N(c2cccc([N+](=O)[O-])c2)C(=O)/C1=C\c1ccccc1OCc1ccccc1F. The number of hydrogen-bond donors (Lipinski definition) is 1. The molecule has 0 bridgehead atoms. The van der Waals surface area contributed by atoms with Crippen molar-refractivity contribution in [3.63, 3.8) is 0 Å². The molecule has 0 atom stereocenters. The number of para-hydroxylation sites is 1. The molecule has 1 saturated heterocycles. The van der Waals surface area contributed by atoms with E-state index in [4.69, 9.17) is 4.74 Å². The average molecular weight is 461 g/mol. The van der Waals surface area contributed by atoms with Gasteiger partial charge in [-0.25, -0.2) is 14.1 Å². The Labute approximate surface area is 192 Å². The van der Waals surface area contributed by atoms with Crippen LogP contribution in [-0.2, 0) is 16.2 Å². The predicted molar refractivity (Wildman–Crippen MR) is 119 cm³/mol. The summed E-state index contributed by atoms with van der Waals surface area (Å²) in [6.45, 7) is -0.0920. The average Bonchev–Trinajstić information content (AvgIpc) is 2.82. The maximum atomic E-state index is 13.9. The zero-order chi connectivity index (χ0) is 24.2. The van der Waals surface area contributed by atoms with Crippen LogP contribution in [0.3, 0.4) is 0 Å².